The number of aromatic amines is 1. The predicted molar refractivity (Wildman–Crippen MR) is 160 cm³/mol. The lowest BCUT2D eigenvalue weighted by Gasteiger charge is -2.30. The number of nitrogens with zero attached hydrogens (tertiary/aromatic N) is 5. The first-order chi connectivity index (χ1) is 21.2. The van der Waals surface area contributed by atoms with Gasteiger partial charge in [-0.25, -0.2) is 14.8 Å². The molecule has 0 aliphatic heterocycles. The number of oxazole rings is 1. The monoisotopic (exact) mass is 595 g/mol. The number of amides is 2. The van der Waals surface area contributed by atoms with Crippen molar-refractivity contribution in [2.45, 2.75) is 19.4 Å². The molecule has 2 amide bonds. The molecule has 0 saturated heterocycles. The van der Waals surface area contributed by atoms with E-state index in [9.17, 15) is 19.2 Å². The van der Waals surface area contributed by atoms with Crippen LogP contribution < -0.4 is 15.8 Å². The molecule has 1 aromatic carbocycles. The van der Waals surface area contributed by atoms with Gasteiger partial charge in [0.05, 0.1) is 12.7 Å². The highest BCUT2D eigenvalue weighted by molar-refractivity contribution is 6.09. The summed E-state index contributed by atoms with van der Waals surface area (Å²) in [7, 11) is 4.33. The molecule has 0 bridgehead atoms. The number of ether oxygens (including phenoxy) is 1. The number of hydrogen-bond acceptors (Lipinski definition) is 9. The lowest BCUT2D eigenvalue weighted by Crippen LogP contribution is -2.43. The molecule has 13 heteroatoms. The van der Waals surface area contributed by atoms with Crippen LogP contribution in [0.5, 0.6) is 0 Å². The van der Waals surface area contributed by atoms with Crippen molar-refractivity contribution in [1.29, 1.82) is 0 Å². The quantitative estimate of drug-likeness (QED) is 0.243. The van der Waals surface area contributed by atoms with Crippen LogP contribution >= 0.6 is 0 Å². The zero-order valence-corrected chi connectivity index (χ0v) is 24.4. The Hall–Kier alpha value is -5.85. The third kappa shape index (κ3) is 5.88. The number of H-pyrrole nitrogens is 1. The van der Waals surface area contributed by atoms with Crippen LogP contribution in [0.25, 0.3) is 22.8 Å². The van der Waals surface area contributed by atoms with E-state index < -0.39 is 23.8 Å². The van der Waals surface area contributed by atoms with Gasteiger partial charge in [-0.3, -0.25) is 24.3 Å². The number of hydrogen-bond donors (Lipinski definition) is 2. The van der Waals surface area contributed by atoms with Crippen molar-refractivity contribution in [2.75, 3.05) is 19.1 Å². The van der Waals surface area contributed by atoms with Gasteiger partial charge >= 0.3 is 5.97 Å². The van der Waals surface area contributed by atoms with E-state index in [1.165, 1.54) is 42.0 Å². The molecule has 5 aromatic rings. The van der Waals surface area contributed by atoms with Gasteiger partial charge in [0.15, 0.2) is 5.69 Å². The fourth-order valence-electron chi connectivity index (χ4n) is 4.73. The number of anilines is 1. The Morgan fingerprint density at radius 3 is 2.61 bits per heavy atom. The van der Waals surface area contributed by atoms with Crippen molar-refractivity contribution in [3.63, 3.8) is 0 Å². The molecule has 4 aromatic heterocycles. The molecular weight excluding hydrogens is 566 g/mol. The Morgan fingerprint density at radius 1 is 1.11 bits per heavy atom. The van der Waals surface area contributed by atoms with Crippen molar-refractivity contribution in [3.05, 3.63) is 106 Å². The summed E-state index contributed by atoms with van der Waals surface area (Å²) in [6, 6.07) is 11.8. The Bertz CT molecular complexity index is 1890. The number of carbonyl (C=O) groups excluding carboxylic acids is 3. The Labute approximate surface area is 251 Å². The van der Waals surface area contributed by atoms with Gasteiger partial charge in [-0.05, 0) is 36.8 Å². The highest BCUT2D eigenvalue weighted by Crippen LogP contribution is 2.33. The normalized spacial score (nSPS) is 11.5. The van der Waals surface area contributed by atoms with Crippen LogP contribution in [0.3, 0.4) is 0 Å². The Kier molecular flexibility index (Phi) is 8.47. The molecule has 1 unspecified atom stereocenters. The number of esters is 1. The molecule has 13 nitrogen and oxygen atoms in total. The fraction of sp³-hybridized carbons (Fsp3) is 0.194. The molecule has 2 N–H and O–H groups in total. The number of methoxy groups -OCH3 is 1. The van der Waals surface area contributed by atoms with Gasteiger partial charge in [0.1, 0.15) is 23.8 Å². The van der Waals surface area contributed by atoms with Crippen LogP contribution in [0.15, 0.2) is 82.6 Å². The van der Waals surface area contributed by atoms with Gasteiger partial charge in [0.2, 0.25) is 11.8 Å². The zero-order chi connectivity index (χ0) is 31.4. The summed E-state index contributed by atoms with van der Waals surface area (Å²) in [6.07, 6.45) is 6.47. The molecule has 224 valence electrons. The number of carbonyl (C=O) groups is 3. The Morgan fingerprint density at radius 2 is 1.91 bits per heavy atom. The smallest absolute Gasteiger partial charge is 0.354 e. The van der Waals surface area contributed by atoms with Crippen molar-refractivity contribution in [1.82, 2.24) is 29.8 Å². The molecule has 0 saturated carbocycles. The van der Waals surface area contributed by atoms with Crippen molar-refractivity contribution < 1.29 is 23.5 Å². The van der Waals surface area contributed by atoms with E-state index in [0.717, 1.165) is 0 Å². The Balaban J connectivity index is 1.68. The number of likely N-dealkylation sites (N-methyl/N-ethyl adjacent to an activating group) is 1. The number of nitrogens with one attached hydrogen (secondary N) is 2. The van der Waals surface area contributed by atoms with E-state index >= 15 is 0 Å². The number of benzene rings is 1. The second-order valence-corrected chi connectivity index (χ2v) is 9.72. The molecular formula is C31H29N7O6. The van der Waals surface area contributed by atoms with E-state index in [1.54, 1.807) is 62.0 Å². The van der Waals surface area contributed by atoms with Crippen LogP contribution in [-0.2, 0) is 23.0 Å². The minimum atomic E-state index is -1.26. The first-order valence-corrected chi connectivity index (χ1v) is 13.6. The largest absolute Gasteiger partial charge is 0.464 e. The van der Waals surface area contributed by atoms with Crippen LogP contribution in [0.1, 0.15) is 45.2 Å². The molecule has 1 atom stereocenters. The summed E-state index contributed by atoms with van der Waals surface area (Å²) < 4.78 is 12.0. The van der Waals surface area contributed by atoms with Gasteiger partial charge in [-0.2, -0.15) is 0 Å². The maximum Gasteiger partial charge on any atom is 0.354 e. The zero-order valence-electron chi connectivity index (χ0n) is 24.4. The first-order valence-electron chi connectivity index (χ1n) is 13.6. The van der Waals surface area contributed by atoms with Gasteiger partial charge < -0.3 is 24.0 Å². The third-order valence-electron chi connectivity index (χ3n) is 6.89. The first kappa shape index (κ1) is 29.6. The number of aryl methyl sites for hydroxylation is 2. The number of rotatable bonds is 9. The van der Waals surface area contributed by atoms with Gasteiger partial charge in [-0.15, -0.1) is 0 Å². The van der Waals surface area contributed by atoms with E-state index in [4.69, 9.17) is 9.15 Å². The summed E-state index contributed by atoms with van der Waals surface area (Å²) in [4.78, 5) is 69.7. The minimum absolute atomic E-state index is 0.0770. The fourth-order valence-corrected chi connectivity index (χ4v) is 4.73. The lowest BCUT2D eigenvalue weighted by atomic mass is 10.0. The molecule has 0 aliphatic carbocycles. The van der Waals surface area contributed by atoms with Crippen molar-refractivity contribution in [3.8, 4) is 22.8 Å². The van der Waals surface area contributed by atoms with Crippen molar-refractivity contribution >= 4 is 23.5 Å². The molecule has 4 heterocycles. The van der Waals surface area contributed by atoms with Gasteiger partial charge in [-0.1, -0.05) is 19.1 Å². The number of aromatic nitrogens is 5. The topological polar surface area (TPSA) is 165 Å². The second-order valence-electron chi connectivity index (χ2n) is 9.72. The van der Waals surface area contributed by atoms with Crippen LogP contribution in [0.2, 0.25) is 0 Å². The van der Waals surface area contributed by atoms with E-state index in [-0.39, 0.29) is 22.8 Å². The molecule has 0 fully saturated rings. The van der Waals surface area contributed by atoms with Crippen LogP contribution in [-0.4, -0.2) is 56.4 Å². The lowest BCUT2D eigenvalue weighted by molar-refractivity contribution is -0.122. The standard InChI is InChI=1S/C31H29N7O6/c1-5-21-14-25(39)36-27(34-21)18-8-6-10-22(12-18)38(30(41)23-17-44-29(35-23)19-9-7-11-33-15-19)26(28(40)32-2)20-13-24(31(42)43-4)37(3)16-20/h6-17,26H,5H2,1-4H3,(H,32,40)(H,34,36,39). The SMILES string of the molecule is CCc1cc(=O)[nH]c(-c2cccc(N(C(=O)c3coc(-c4cccnc4)n3)C(C(=O)NC)c3cc(C(=O)OC)n(C)c3)c2)n1. The van der Waals surface area contributed by atoms with E-state index in [2.05, 4.69) is 25.3 Å². The third-order valence-corrected chi connectivity index (χ3v) is 6.89. The summed E-state index contributed by atoms with van der Waals surface area (Å²) in [5, 5.41) is 2.62. The molecule has 0 spiro atoms. The average Bonchev–Trinajstić information content (AvgIpc) is 3.70. The molecule has 44 heavy (non-hydrogen) atoms. The summed E-state index contributed by atoms with van der Waals surface area (Å²) >= 11 is 0. The van der Waals surface area contributed by atoms with Crippen LogP contribution in [0, 0.1) is 0 Å². The second kappa shape index (κ2) is 12.6. The summed E-state index contributed by atoms with van der Waals surface area (Å²) in [5.74, 6) is -1.36. The maximum absolute atomic E-state index is 14.3. The summed E-state index contributed by atoms with van der Waals surface area (Å²) in [5.41, 5.74) is 2.06. The minimum Gasteiger partial charge on any atom is -0.464 e. The van der Waals surface area contributed by atoms with Crippen LogP contribution in [0.4, 0.5) is 5.69 Å². The highest BCUT2D eigenvalue weighted by atomic mass is 16.5. The van der Waals surface area contributed by atoms with Crippen molar-refractivity contribution in [2.24, 2.45) is 7.05 Å². The van der Waals surface area contributed by atoms with E-state index in [1.807, 2.05) is 6.92 Å². The number of pyridine rings is 1. The van der Waals surface area contributed by atoms with Gasteiger partial charge in [0.25, 0.3) is 11.5 Å². The predicted octanol–water partition coefficient (Wildman–Crippen LogP) is 3.31. The maximum atomic E-state index is 14.3. The highest BCUT2D eigenvalue weighted by Gasteiger charge is 2.36. The average molecular weight is 596 g/mol. The molecule has 0 radical (unpaired) electrons. The van der Waals surface area contributed by atoms with Gasteiger partial charge in [0, 0.05) is 61.3 Å². The molecule has 0 aliphatic rings. The summed E-state index contributed by atoms with van der Waals surface area (Å²) in [6.45, 7) is 1.89. The molecule has 5 rings (SSSR count). The van der Waals surface area contributed by atoms with E-state index in [0.29, 0.717) is 40.3 Å².